The first-order valence-corrected chi connectivity index (χ1v) is 6.18. The molecule has 0 aliphatic rings. The van der Waals surface area contributed by atoms with Gasteiger partial charge < -0.3 is 11.1 Å². The van der Waals surface area contributed by atoms with Crippen LogP contribution in [0.5, 0.6) is 0 Å². The Morgan fingerprint density at radius 1 is 1.12 bits per heavy atom. The Labute approximate surface area is 103 Å². The molecule has 17 heavy (non-hydrogen) atoms. The Morgan fingerprint density at radius 3 is 2.65 bits per heavy atom. The lowest BCUT2D eigenvalue weighted by molar-refractivity contribution is 0.522. The Morgan fingerprint density at radius 2 is 1.88 bits per heavy atom. The Hall–Kier alpha value is -1.38. The van der Waals surface area contributed by atoms with Gasteiger partial charge in [-0.15, -0.1) is 0 Å². The van der Waals surface area contributed by atoms with Crippen molar-refractivity contribution in [3.05, 3.63) is 48.0 Å². The van der Waals surface area contributed by atoms with Gasteiger partial charge in [0.15, 0.2) is 0 Å². The summed E-state index contributed by atoms with van der Waals surface area (Å²) >= 11 is 0. The second kappa shape index (κ2) is 5.80. The molecule has 0 bridgehead atoms. The van der Waals surface area contributed by atoms with Gasteiger partial charge >= 0.3 is 0 Å². The van der Waals surface area contributed by atoms with E-state index in [9.17, 15) is 0 Å². The summed E-state index contributed by atoms with van der Waals surface area (Å²) in [6, 6.07) is 15.1. The summed E-state index contributed by atoms with van der Waals surface area (Å²) < 4.78 is 0. The molecule has 0 spiro atoms. The predicted molar refractivity (Wildman–Crippen MR) is 73.9 cm³/mol. The van der Waals surface area contributed by atoms with Crippen molar-refractivity contribution >= 4 is 10.8 Å². The lowest BCUT2D eigenvalue weighted by Gasteiger charge is -2.10. The van der Waals surface area contributed by atoms with Crippen LogP contribution in [-0.4, -0.2) is 13.1 Å². The lowest BCUT2D eigenvalue weighted by atomic mass is 10.1. The van der Waals surface area contributed by atoms with E-state index in [2.05, 4.69) is 54.7 Å². The Bertz CT molecular complexity index is 479. The molecule has 0 saturated heterocycles. The van der Waals surface area contributed by atoms with E-state index in [-0.39, 0.29) is 0 Å². The molecule has 3 N–H and O–H groups in total. The van der Waals surface area contributed by atoms with Crippen LogP contribution in [-0.2, 0) is 6.54 Å². The maximum absolute atomic E-state index is 5.59. The van der Waals surface area contributed by atoms with Gasteiger partial charge in [0, 0.05) is 6.54 Å². The molecule has 0 heterocycles. The van der Waals surface area contributed by atoms with Gasteiger partial charge in [-0.2, -0.15) is 0 Å². The smallest absolute Gasteiger partial charge is 0.0205 e. The van der Waals surface area contributed by atoms with E-state index >= 15 is 0 Å². The first kappa shape index (κ1) is 12.1. The number of hydrogen-bond donors (Lipinski definition) is 2. The van der Waals surface area contributed by atoms with E-state index in [1.165, 1.54) is 16.3 Å². The summed E-state index contributed by atoms with van der Waals surface area (Å²) in [7, 11) is 0. The average molecular weight is 228 g/mol. The summed E-state index contributed by atoms with van der Waals surface area (Å²) in [5, 5.41) is 6.04. The van der Waals surface area contributed by atoms with Crippen molar-refractivity contribution in [2.75, 3.05) is 13.1 Å². The second-order valence-electron chi connectivity index (χ2n) is 4.65. The van der Waals surface area contributed by atoms with Crippen LogP contribution in [0.15, 0.2) is 42.5 Å². The fourth-order valence-electron chi connectivity index (χ4n) is 1.89. The van der Waals surface area contributed by atoms with Gasteiger partial charge in [0.05, 0.1) is 0 Å². The molecule has 90 valence electrons. The first-order valence-electron chi connectivity index (χ1n) is 6.18. The molecule has 2 aromatic rings. The highest BCUT2D eigenvalue weighted by Gasteiger charge is 1.99. The van der Waals surface area contributed by atoms with E-state index < -0.39 is 0 Å². The summed E-state index contributed by atoms with van der Waals surface area (Å²) in [6.45, 7) is 4.79. The predicted octanol–water partition coefficient (Wildman–Crippen LogP) is 2.52. The van der Waals surface area contributed by atoms with Crippen LogP contribution in [0.3, 0.4) is 0 Å². The number of rotatable bonds is 5. The molecule has 0 saturated carbocycles. The molecule has 2 heteroatoms. The summed E-state index contributed by atoms with van der Waals surface area (Å²) in [4.78, 5) is 0. The zero-order valence-electron chi connectivity index (χ0n) is 10.3. The van der Waals surface area contributed by atoms with Crippen molar-refractivity contribution in [3.63, 3.8) is 0 Å². The highest BCUT2D eigenvalue weighted by atomic mass is 14.9. The maximum atomic E-state index is 5.59. The zero-order valence-corrected chi connectivity index (χ0v) is 10.3. The third kappa shape index (κ3) is 3.29. The quantitative estimate of drug-likeness (QED) is 0.825. The van der Waals surface area contributed by atoms with Gasteiger partial charge in [-0.05, 0) is 41.4 Å². The molecule has 0 aliphatic carbocycles. The van der Waals surface area contributed by atoms with Gasteiger partial charge in [-0.3, -0.25) is 0 Å². The molecule has 0 fully saturated rings. The van der Waals surface area contributed by atoms with Crippen LogP contribution >= 0.6 is 0 Å². The van der Waals surface area contributed by atoms with Gasteiger partial charge in [-0.1, -0.05) is 43.3 Å². The van der Waals surface area contributed by atoms with E-state index in [0.717, 1.165) is 19.6 Å². The summed E-state index contributed by atoms with van der Waals surface area (Å²) in [5.74, 6) is 0.537. The molecule has 2 aromatic carbocycles. The number of nitrogens with two attached hydrogens (primary N) is 1. The first-order chi connectivity index (χ1) is 8.29. The van der Waals surface area contributed by atoms with E-state index in [4.69, 9.17) is 5.73 Å². The van der Waals surface area contributed by atoms with Crippen LogP contribution in [0.2, 0.25) is 0 Å². The van der Waals surface area contributed by atoms with Crippen molar-refractivity contribution in [1.82, 2.24) is 5.32 Å². The van der Waals surface area contributed by atoms with Crippen molar-refractivity contribution < 1.29 is 0 Å². The van der Waals surface area contributed by atoms with Crippen LogP contribution in [0, 0.1) is 5.92 Å². The maximum Gasteiger partial charge on any atom is 0.0205 e. The lowest BCUT2D eigenvalue weighted by Crippen LogP contribution is -2.25. The summed E-state index contributed by atoms with van der Waals surface area (Å²) in [6.07, 6.45) is 0. The van der Waals surface area contributed by atoms with Gasteiger partial charge in [0.25, 0.3) is 0 Å². The van der Waals surface area contributed by atoms with Crippen LogP contribution < -0.4 is 11.1 Å². The molecule has 0 aromatic heterocycles. The van der Waals surface area contributed by atoms with Gasteiger partial charge in [0.2, 0.25) is 0 Å². The second-order valence-corrected chi connectivity index (χ2v) is 4.65. The van der Waals surface area contributed by atoms with Crippen LogP contribution in [0.1, 0.15) is 12.5 Å². The van der Waals surface area contributed by atoms with Gasteiger partial charge in [0.1, 0.15) is 0 Å². The minimum atomic E-state index is 0.537. The number of fused-ring (bicyclic) bond motifs is 1. The van der Waals surface area contributed by atoms with Crippen molar-refractivity contribution in [2.45, 2.75) is 13.5 Å². The largest absolute Gasteiger partial charge is 0.330 e. The fourth-order valence-corrected chi connectivity index (χ4v) is 1.89. The third-order valence-corrected chi connectivity index (χ3v) is 3.04. The number of benzene rings is 2. The zero-order chi connectivity index (χ0) is 12.1. The van der Waals surface area contributed by atoms with Crippen LogP contribution in [0.25, 0.3) is 10.8 Å². The highest BCUT2D eigenvalue weighted by Crippen LogP contribution is 2.15. The van der Waals surface area contributed by atoms with Gasteiger partial charge in [-0.25, -0.2) is 0 Å². The Balaban J connectivity index is 1.99. The van der Waals surface area contributed by atoms with E-state index in [0.29, 0.717) is 5.92 Å². The van der Waals surface area contributed by atoms with Crippen molar-refractivity contribution in [2.24, 2.45) is 11.7 Å². The topological polar surface area (TPSA) is 38.0 Å². The minimum absolute atomic E-state index is 0.537. The fraction of sp³-hybridized carbons (Fsp3) is 0.333. The molecule has 0 amide bonds. The molecule has 0 radical (unpaired) electrons. The monoisotopic (exact) mass is 228 g/mol. The Kier molecular flexibility index (Phi) is 4.13. The van der Waals surface area contributed by atoms with Crippen molar-refractivity contribution in [3.8, 4) is 0 Å². The number of nitrogens with one attached hydrogen (secondary N) is 1. The standard InChI is InChI=1S/C15H20N2/c1-12(9-16)10-17-11-13-6-7-14-4-2-3-5-15(14)8-13/h2-8,12,17H,9-11,16H2,1H3. The molecule has 0 aliphatic heterocycles. The highest BCUT2D eigenvalue weighted by molar-refractivity contribution is 5.82. The minimum Gasteiger partial charge on any atom is -0.330 e. The van der Waals surface area contributed by atoms with E-state index in [1.54, 1.807) is 0 Å². The molecule has 2 nitrogen and oxygen atoms in total. The normalized spacial score (nSPS) is 12.8. The molecule has 1 unspecified atom stereocenters. The summed E-state index contributed by atoms with van der Waals surface area (Å²) in [5.41, 5.74) is 6.91. The SMILES string of the molecule is CC(CN)CNCc1ccc2ccccc2c1. The number of hydrogen-bond acceptors (Lipinski definition) is 2. The average Bonchev–Trinajstić information content (AvgIpc) is 2.38. The molecule has 1 atom stereocenters. The van der Waals surface area contributed by atoms with E-state index in [1.807, 2.05) is 0 Å². The molecule has 2 rings (SSSR count). The van der Waals surface area contributed by atoms with Crippen molar-refractivity contribution in [1.29, 1.82) is 0 Å². The third-order valence-electron chi connectivity index (χ3n) is 3.04. The molecular formula is C15H20N2. The van der Waals surface area contributed by atoms with Crippen LogP contribution in [0.4, 0.5) is 0 Å². The molecular weight excluding hydrogens is 208 g/mol.